The fraction of sp³-hybridized carbons (Fsp3) is 0.364. The van der Waals surface area contributed by atoms with Gasteiger partial charge in [-0.3, -0.25) is 4.79 Å². The molecule has 2 atom stereocenters. The average Bonchev–Trinajstić information content (AvgIpc) is 2.95. The number of nitrogens with two attached hydrogens (primary N) is 1. The molecule has 0 saturated heterocycles. The second kappa shape index (κ2) is 3.80. The molecule has 0 bridgehead atoms. The lowest BCUT2D eigenvalue weighted by Gasteiger charge is -2.01. The van der Waals surface area contributed by atoms with Crippen LogP contribution >= 0.6 is 0 Å². The summed E-state index contributed by atoms with van der Waals surface area (Å²) in [6.07, 6.45) is 1.11. The Bertz CT molecular complexity index is 323. The lowest BCUT2D eigenvalue weighted by atomic mass is 10.1. The Morgan fingerprint density at radius 2 is 2.14 bits per heavy atom. The van der Waals surface area contributed by atoms with Crippen molar-refractivity contribution in [3.63, 3.8) is 0 Å². The van der Waals surface area contributed by atoms with E-state index in [0.29, 0.717) is 12.0 Å². The fourth-order valence-corrected chi connectivity index (χ4v) is 1.72. The summed E-state index contributed by atoms with van der Waals surface area (Å²) in [6.45, 7) is 0.286. The first-order valence-corrected chi connectivity index (χ1v) is 4.84. The van der Waals surface area contributed by atoms with Crippen LogP contribution in [0.3, 0.4) is 0 Å². The first-order valence-electron chi connectivity index (χ1n) is 4.84. The maximum Gasteiger partial charge on any atom is 0.231 e. The van der Waals surface area contributed by atoms with Crippen LogP contribution in [0.15, 0.2) is 30.3 Å². The zero-order valence-corrected chi connectivity index (χ0v) is 7.94. The number of primary amides is 1. The molecule has 1 amide bonds. The molecule has 3 heteroatoms. The summed E-state index contributed by atoms with van der Waals surface area (Å²) < 4.78 is 0. The predicted octanol–water partition coefficient (Wildman–Crippen LogP) is 0.617. The van der Waals surface area contributed by atoms with Gasteiger partial charge in [0.25, 0.3) is 0 Å². The monoisotopic (exact) mass is 190 g/mol. The smallest absolute Gasteiger partial charge is 0.231 e. The topological polar surface area (TPSA) is 55.1 Å². The van der Waals surface area contributed by atoms with E-state index in [4.69, 9.17) is 5.73 Å². The molecule has 0 heterocycles. The van der Waals surface area contributed by atoms with Crippen LogP contribution in [0.4, 0.5) is 0 Å². The summed E-state index contributed by atoms with van der Waals surface area (Å²) in [5, 5.41) is 3.13. The average molecular weight is 190 g/mol. The van der Waals surface area contributed by atoms with Gasteiger partial charge in [0.15, 0.2) is 0 Å². The van der Waals surface area contributed by atoms with Crippen LogP contribution in [0.5, 0.6) is 0 Å². The molecule has 3 N–H and O–H groups in total. The van der Waals surface area contributed by atoms with Gasteiger partial charge in [0.2, 0.25) is 5.91 Å². The first-order chi connectivity index (χ1) is 6.77. The zero-order valence-electron chi connectivity index (χ0n) is 7.94. The van der Waals surface area contributed by atoms with E-state index in [1.165, 1.54) is 5.56 Å². The van der Waals surface area contributed by atoms with E-state index in [0.717, 1.165) is 6.42 Å². The zero-order chi connectivity index (χ0) is 9.97. The van der Waals surface area contributed by atoms with Crippen LogP contribution in [0.1, 0.15) is 17.9 Å². The highest BCUT2D eigenvalue weighted by atomic mass is 16.1. The molecular weight excluding hydrogens is 176 g/mol. The van der Waals surface area contributed by atoms with Gasteiger partial charge in [0.05, 0.1) is 6.54 Å². The lowest BCUT2D eigenvalue weighted by Crippen LogP contribution is -2.30. The van der Waals surface area contributed by atoms with E-state index in [-0.39, 0.29) is 12.5 Å². The number of carbonyl (C=O) groups is 1. The Morgan fingerprint density at radius 1 is 1.43 bits per heavy atom. The van der Waals surface area contributed by atoms with E-state index in [1.54, 1.807) is 0 Å². The standard InChI is InChI=1S/C11H14N2O/c12-11(14)7-13-10-6-9(10)8-4-2-1-3-5-8/h1-5,9-10,13H,6-7H2,(H2,12,14)/t9-,10+/m0/s1. The van der Waals surface area contributed by atoms with E-state index in [2.05, 4.69) is 17.4 Å². The fourth-order valence-electron chi connectivity index (χ4n) is 1.72. The number of hydrogen-bond acceptors (Lipinski definition) is 2. The van der Waals surface area contributed by atoms with Crippen molar-refractivity contribution in [1.82, 2.24) is 5.32 Å². The third-order valence-corrected chi connectivity index (χ3v) is 2.56. The van der Waals surface area contributed by atoms with Crippen molar-refractivity contribution >= 4 is 5.91 Å². The summed E-state index contributed by atoms with van der Waals surface area (Å²) in [6, 6.07) is 10.8. The summed E-state index contributed by atoms with van der Waals surface area (Å²) in [5.41, 5.74) is 6.39. The molecule has 1 aromatic carbocycles. The summed E-state index contributed by atoms with van der Waals surface area (Å²) in [4.78, 5) is 10.5. The molecule has 0 unspecified atom stereocenters. The van der Waals surface area contributed by atoms with Gasteiger partial charge in [-0.15, -0.1) is 0 Å². The maximum atomic E-state index is 10.5. The van der Waals surface area contributed by atoms with Crippen LogP contribution in [0.25, 0.3) is 0 Å². The highest BCUT2D eigenvalue weighted by molar-refractivity contribution is 5.76. The number of amides is 1. The van der Waals surface area contributed by atoms with E-state index in [9.17, 15) is 4.79 Å². The first kappa shape index (κ1) is 9.21. The molecule has 0 radical (unpaired) electrons. The molecule has 1 aliphatic carbocycles. The third kappa shape index (κ3) is 2.12. The number of benzene rings is 1. The molecular formula is C11H14N2O. The second-order valence-electron chi connectivity index (χ2n) is 3.71. The van der Waals surface area contributed by atoms with E-state index in [1.807, 2.05) is 18.2 Å². The van der Waals surface area contributed by atoms with Gasteiger partial charge >= 0.3 is 0 Å². The molecule has 2 rings (SSSR count). The lowest BCUT2D eigenvalue weighted by molar-refractivity contribution is -0.117. The highest BCUT2D eigenvalue weighted by Crippen LogP contribution is 2.40. The Hall–Kier alpha value is -1.35. The van der Waals surface area contributed by atoms with Gasteiger partial charge in [-0.1, -0.05) is 30.3 Å². The van der Waals surface area contributed by atoms with Gasteiger partial charge in [-0.25, -0.2) is 0 Å². The Kier molecular flexibility index (Phi) is 2.50. The highest BCUT2D eigenvalue weighted by Gasteiger charge is 2.37. The molecule has 0 spiro atoms. The van der Waals surface area contributed by atoms with Crippen LogP contribution in [-0.2, 0) is 4.79 Å². The third-order valence-electron chi connectivity index (χ3n) is 2.56. The second-order valence-corrected chi connectivity index (χ2v) is 3.71. The van der Waals surface area contributed by atoms with Gasteiger partial charge < -0.3 is 11.1 Å². The minimum atomic E-state index is -0.288. The minimum absolute atomic E-state index is 0.286. The number of hydrogen-bond donors (Lipinski definition) is 2. The molecule has 1 aliphatic rings. The Labute approximate surface area is 83.3 Å². The molecule has 1 saturated carbocycles. The Balaban J connectivity index is 1.85. The van der Waals surface area contributed by atoms with Crippen molar-refractivity contribution in [2.24, 2.45) is 5.73 Å². The van der Waals surface area contributed by atoms with Crippen LogP contribution in [-0.4, -0.2) is 18.5 Å². The van der Waals surface area contributed by atoms with E-state index >= 15 is 0 Å². The SMILES string of the molecule is NC(=O)CN[C@@H]1C[C@H]1c1ccccc1. The van der Waals surface area contributed by atoms with Crippen molar-refractivity contribution in [3.8, 4) is 0 Å². The van der Waals surface area contributed by atoms with Crippen LogP contribution < -0.4 is 11.1 Å². The molecule has 74 valence electrons. The van der Waals surface area contributed by atoms with Crippen molar-refractivity contribution in [1.29, 1.82) is 0 Å². The predicted molar refractivity (Wildman–Crippen MR) is 54.8 cm³/mol. The van der Waals surface area contributed by atoms with Gasteiger partial charge in [0.1, 0.15) is 0 Å². The minimum Gasteiger partial charge on any atom is -0.369 e. The quantitative estimate of drug-likeness (QED) is 0.731. The normalized spacial score (nSPS) is 24.6. The molecule has 0 aromatic heterocycles. The molecule has 1 aromatic rings. The molecule has 3 nitrogen and oxygen atoms in total. The van der Waals surface area contributed by atoms with Crippen LogP contribution in [0, 0.1) is 0 Å². The maximum absolute atomic E-state index is 10.5. The molecule has 0 aliphatic heterocycles. The van der Waals surface area contributed by atoms with Gasteiger partial charge in [-0.2, -0.15) is 0 Å². The van der Waals surface area contributed by atoms with Crippen molar-refractivity contribution in [2.75, 3.05) is 6.54 Å². The largest absolute Gasteiger partial charge is 0.369 e. The number of nitrogens with one attached hydrogen (secondary N) is 1. The summed E-state index contributed by atoms with van der Waals surface area (Å²) in [7, 11) is 0. The molecule has 1 fully saturated rings. The van der Waals surface area contributed by atoms with Crippen molar-refractivity contribution in [3.05, 3.63) is 35.9 Å². The number of carbonyl (C=O) groups excluding carboxylic acids is 1. The summed E-state index contributed by atoms with van der Waals surface area (Å²) in [5.74, 6) is 0.277. The number of rotatable bonds is 4. The summed E-state index contributed by atoms with van der Waals surface area (Å²) >= 11 is 0. The van der Waals surface area contributed by atoms with E-state index < -0.39 is 0 Å². The van der Waals surface area contributed by atoms with Crippen molar-refractivity contribution < 1.29 is 4.79 Å². The molecule has 14 heavy (non-hydrogen) atoms. The van der Waals surface area contributed by atoms with Gasteiger partial charge in [-0.05, 0) is 12.0 Å². The Morgan fingerprint density at radius 3 is 2.79 bits per heavy atom. The van der Waals surface area contributed by atoms with Crippen molar-refractivity contribution in [2.45, 2.75) is 18.4 Å². The van der Waals surface area contributed by atoms with Gasteiger partial charge in [0, 0.05) is 12.0 Å². The van der Waals surface area contributed by atoms with Crippen LogP contribution in [0.2, 0.25) is 0 Å².